The number of amides is 1. The Morgan fingerprint density at radius 1 is 1.04 bits per heavy atom. The molecule has 1 amide bonds. The molecule has 0 aliphatic rings. The third kappa shape index (κ3) is 3.33. The first-order chi connectivity index (χ1) is 11.5. The van der Waals surface area contributed by atoms with E-state index >= 15 is 0 Å². The molecule has 0 aromatic carbocycles. The highest BCUT2D eigenvalue weighted by molar-refractivity contribution is 7.95. The van der Waals surface area contributed by atoms with Gasteiger partial charge >= 0.3 is 32.0 Å². The number of sulfonamides is 1. The number of alkyl halides is 6. The molecule has 0 rings (SSSR count). The molecule has 0 fully saturated rings. The van der Waals surface area contributed by atoms with Crippen LogP contribution in [0.3, 0.4) is 0 Å². The predicted molar refractivity (Wildman–Crippen MR) is 67.5 cm³/mol. The number of rotatable bonds is 7. The first kappa shape index (κ1) is 23.3. The van der Waals surface area contributed by atoms with Crippen molar-refractivity contribution in [2.75, 3.05) is 0 Å². The maximum Gasteiger partial charge on any atom is 0.432 e. The number of halogens is 6. The molecule has 0 saturated carbocycles. The summed E-state index contributed by atoms with van der Waals surface area (Å²) in [7, 11) is -14.0. The number of nitrogens with zero attached hydrogens (tertiary/aromatic N) is 3. The summed E-state index contributed by atoms with van der Waals surface area (Å²) in [5, 5.41) is -5.79. The van der Waals surface area contributed by atoms with E-state index in [1.54, 1.807) is 9.69 Å². The summed E-state index contributed by atoms with van der Waals surface area (Å²) in [6, 6.07) is 0.942. The van der Waals surface area contributed by atoms with Crippen LogP contribution < -0.4 is 4.72 Å². The van der Waals surface area contributed by atoms with Crippen molar-refractivity contribution in [3.05, 3.63) is 28.3 Å². The van der Waals surface area contributed by atoms with Gasteiger partial charge in [0.15, 0.2) is 0 Å². The standard InChI is InChI=1S/C9H3F6N4O5S2/c1-17-6(18-2)25(21,22)8(12,13)7(10,11)9(14,15)26(23,24)19-5(20)3-4-16/h3H2,(H,19,20)/q-1. The number of carbonyl (C=O) groups is 1. The molecule has 0 radical (unpaired) electrons. The van der Waals surface area contributed by atoms with Crippen molar-refractivity contribution in [3.63, 3.8) is 0 Å². The maximum atomic E-state index is 13.6. The molecular formula is C9H3F6N4O5S2-. The highest BCUT2D eigenvalue weighted by atomic mass is 32.2. The van der Waals surface area contributed by atoms with Crippen LogP contribution in [-0.2, 0) is 24.7 Å². The average Bonchev–Trinajstić information content (AvgIpc) is 2.46. The van der Waals surface area contributed by atoms with Crippen LogP contribution in [0, 0.1) is 30.0 Å². The monoisotopic (exact) mass is 425 g/mol. The molecule has 0 aliphatic heterocycles. The van der Waals surface area contributed by atoms with Crippen LogP contribution in [0.1, 0.15) is 6.42 Å². The maximum absolute atomic E-state index is 13.6. The Bertz CT molecular complexity index is 911. The van der Waals surface area contributed by atoms with Gasteiger partial charge in [0.1, 0.15) is 6.42 Å². The smallest absolute Gasteiger partial charge is 0.363 e. The van der Waals surface area contributed by atoms with Crippen molar-refractivity contribution >= 4 is 25.8 Å². The molecule has 0 bridgehead atoms. The van der Waals surface area contributed by atoms with Crippen LogP contribution in [0.4, 0.5) is 26.3 Å². The zero-order chi connectivity index (χ0) is 21.2. The molecule has 0 aromatic rings. The largest absolute Gasteiger partial charge is 0.432 e. The molecule has 0 atom stereocenters. The molecule has 0 aliphatic carbocycles. The third-order valence-electron chi connectivity index (χ3n) is 2.33. The van der Waals surface area contributed by atoms with E-state index in [4.69, 9.17) is 18.4 Å². The summed E-state index contributed by atoms with van der Waals surface area (Å²) in [4.78, 5) is 14.2. The lowest BCUT2D eigenvalue weighted by Gasteiger charge is -2.31. The molecule has 0 aromatic heterocycles. The topological polar surface area (TPSA) is 130 Å². The van der Waals surface area contributed by atoms with E-state index in [9.17, 15) is 48.0 Å². The van der Waals surface area contributed by atoms with Crippen molar-refractivity contribution in [1.29, 1.82) is 5.26 Å². The summed E-state index contributed by atoms with van der Waals surface area (Å²) in [5.41, 5.74) is -2.62. The molecule has 17 heteroatoms. The Morgan fingerprint density at radius 3 is 1.81 bits per heavy atom. The van der Waals surface area contributed by atoms with E-state index in [1.807, 2.05) is 0 Å². The van der Waals surface area contributed by atoms with Gasteiger partial charge in [0.2, 0.25) is 5.91 Å². The lowest BCUT2D eigenvalue weighted by molar-refractivity contribution is -0.243. The van der Waals surface area contributed by atoms with Crippen LogP contribution in [0.25, 0.3) is 9.69 Å². The number of nitrogens with one attached hydrogen (secondary N) is 1. The van der Waals surface area contributed by atoms with E-state index in [2.05, 4.69) is 0 Å². The average molecular weight is 425 g/mol. The zero-order valence-corrected chi connectivity index (χ0v) is 13.3. The second-order valence-electron chi connectivity index (χ2n) is 3.98. The normalized spacial score (nSPS) is 13.0. The number of nitriles is 1. The Hall–Kier alpha value is -2.71. The first-order valence-corrected chi connectivity index (χ1v) is 8.36. The second-order valence-corrected chi connectivity index (χ2v) is 7.59. The minimum absolute atomic E-state index is 0.209. The van der Waals surface area contributed by atoms with Crippen LogP contribution in [0.2, 0.25) is 0 Å². The molecule has 26 heavy (non-hydrogen) atoms. The Kier molecular flexibility index (Phi) is 6.17. The quantitative estimate of drug-likeness (QED) is 0.476. The molecular weight excluding hydrogens is 422 g/mol. The fourth-order valence-electron chi connectivity index (χ4n) is 1.09. The van der Waals surface area contributed by atoms with Gasteiger partial charge in [-0.1, -0.05) is 0 Å². The van der Waals surface area contributed by atoms with Crippen molar-refractivity contribution in [3.8, 4) is 6.07 Å². The molecule has 1 N–H and O–H groups in total. The Morgan fingerprint density at radius 2 is 1.46 bits per heavy atom. The van der Waals surface area contributed by atoms with Gasteiger partial charge in [0.05, 0.1) is 6.07 Å². The van der Waals surface area contributed by atoms with Crippen LogP contribution >= 0.6 is 0 Å². The highest BCUT2D eigenvalue weighted by Crippen LogP contribution is 2.52. The van der Waals surface area contributed by atoms with Gasteiger partial charge in [-0.2, -0.15) is 40.0 Å². The molecule has 9 nitrogen and oxygen atoms in total. The number of sulfone groups is 1. The van der Waals surface area contributed by atoms with E-state index < -0.39 is 54.1 Å². The minimum atomic E-state index is -7.22. The SMILES string of the molecule is [C-]#[N+][C-]([N+]#[C-])S(=O)(=O)C(F)(F)C(F)(F)C(F)(F)S(=O)(=O)NC(=O)CC#N. The molecule has 0 spiro atoms. The van der Waals surface area contributed by atoms with Gasteiger partial charge < -0.3 is 9.69 Å². The van der Waals surface area contributed by atoms with Gasteiger partial charge in [-0.3, -0.25) is 17.9 Å². The van der Waals surface area contributed by atoms with Gasteiger partial charge in [-0.25, -0.2) is 13.1 Å². The number of carbonyl (C=O) groups excluding carboxylic acids is 1. The first-order valence-electron chi connectivity index (χ1n) is 5.40. The summed E-state index contributed by atoms with van der Waals surface area (Å²) < 4.78 is 126. The van der Waals surface area contributed by atoms with Crippen molar-refractivity contribution in [2.24, 2.45) is 0 Å². The van der Waals surface area contributed by atoms with Gasteiger partial charge in [-0.15, -0.1) is 0 Å². The van der Waals surface area contributed by atoms with E-state index in [0.717, 1.165) is 6.07 Å². The van der Waals surface area contributed by atoms with Crippen LogP contribution in [0.5, 0.6) is 0 Å². The molecule has 144 valence electrons. The minimum Gasteiger partial charge on any atom is -0.363 e. The van der Waals surface area contributed by atoms with Crippen molar-refractivity contribution in [2.45, 2.75) is 22.9 Å². The number of hydrogen-bond donors (Lipinski definition) is 1. The lowest BCUT2D eigenvalue weighted by Crippen LogP contribution is -2.63. The highest BCUT2D eigenvalue weighted by Gasteiger charge is 2.82. The third-order valence-corrected chi connectivity index (χ3v) is 5.35. The predicted octanol–water partition coefficient (Wildman–Crippen LogP) is 0.867. The van der Waals surface area contributed by atoms with E-state index in [1.165, 1.54) is 0 Å². The van der Waals surface area contributed by atoms with Gasteiger partial charge in [-0.05, 0) is 0 Å². The molecule has 0 unspecified atom stereocenters. The van der Waals surface area contributed by atoms with Crippen molar-refractivity contribution < 1.29 is 48.0 Å². The summed E-state index contributed by atoms with van der Waals surface area (Å²) in [6.07, 6.45) is -1.44. The summed E-state index contributed by atoms with van der Waals surface area (Å²) >= 11 is 0. The van der Waals surface area contributed by atoms with Crippen molar-refractivity contribution in [1.82, 2.24) is 4.72 Å². The van der Waals surface area contributed by atoms with E-state index in [0.29, 0.717) is 0 Å². The second kappa shape index (κ2) is 6.89. The fourth-order valence-corrected chi connectivity index (χ4v) is 3.05. The van der Waals surface area contributed by atoms with Crippen LogP contribution in [0.15, 0.2) is 0 Å². The van der Waals surface area contributed by atoms with Gasteiger partial charge in [0, 0.05) is 0 Å². The fraction of sp³-hybridized carbons (Fsp3) is 0.444. The molecule has 0 saturated heterocycles. The lowest BCUT2D eigenvalue weighted by atomic mass is 10.3. The van der Waals surface area contributed by atoms with Crippen LogP contribution in [-0.4, -0.2) is 39.2 Å². The number of hydrogen-bond acceptors (Lipinski definition) is 6. The summed E-state index contributed by atoms with van der Waals surface area (Å²) in [6.45, 7) is 12.3. The van der Waals surface area contributed by atoms with Gasteiger partial charge in [0.25, 0.3) is 9.84 Å². The van der Waals surface area contributed by atoms with E-state index in [-0.39, 0.29) is 4.72 Å². The zero-order valence-electron chi connectivity index (χ0n) is 11.7. The Labute approximate surface area is 141 Å². The summed E-state index contributed by atoms with van der Waals surface area (Å²) in [5.74, 6) is -9.32. The molecule has 0 heterocycles. The Balaban J connectivity index is 6.39.